The summed E-state index contributed by atoms with van der Waals surface area (Å²) in [5.41, 5.74) is 4.14. The Morgan fingerprint density at radius 1 is 1.03 bits per heavy atom. The van der Waals surface area contributed by atoms with Crippen LogP contribution in [0.2, 0.25) is 0 Å². The van der Waals surface area contributed by atoms with Gasteiger partial charge in [0, 0.05) is 57.5 Å². The van der Waals surface area contributed by atoms with E-state index in [9.17, 15) is 9.90 Å². The molecule has 0 amide bonds. The maximum absolute atomic E-state index is 13.7. The Balaban J connectivity index is 1.28. The maximum atomic E-state index is 13.7. The van der Waals surface area contributed by atoms with Gasteiger partial charge in [-0.15, -0.1) is 0 Å². The van der Waals surface area contributed by atoms with Crippen LogP contribution in [0.15, 0.2) is 65.7 Å². The van der Waals surface area contributed by atoms with Crippen molar-refractivity contribution in [2.75, 3.05) is 64.6 Å². The van der Waals surface area contributed by atoms with Crippen molar-refractivity contribution in [1.82, 2.24) is 14.5 Å². The Morgan fingerprint density at radius 2 is 1.79 bits per heavy atom. The first-order valence-electron chi connectivity index (χ1n) is 13.8. The van der Waals surface area contributed by atoms with Gasteiger partial charge in [-0.05, 0) is 47.6 Å². The van der Waals surface area contributed by atoms with E-state index in [0.717, 1.165) is 62.1 Å². The Bertz CT molecular complexity index is 1490. The van der Waals surface area contributed by atoms with Crippen LogP contribution in [0.4, 0.5) is 5.69 Å². The van der Waals surface area contributed by atoms with Crippen molar-refractivity contribution in [3.63, 3.8) is 0 Å². The number of nitrogens with zero attached hydrogens (tertiary/aromatic N) is 4. The zero-order valence-electron chi connectivity index (χ0n) is 22.5. The first kappa shape index (κ1) is 26.0. The van der Waals surface area contributed by atoms with Crippen LogP contribution in [0.25, 0.3) is 21.7 Å². The van der Waals surface area contributed by atoms with Gasteiger partial charge in [-0.3, -0.25) is 14.3 Å². The number of hydrogen-bond donors (Lipinski definition) is 1. The predicted molar refractivity (Wildman–Crippen MR) is 154 cm³/mol. The molecule has 2 aliphatic heterocycles. The number of aromatic nitrogens is 2. The Morgan fingerprint density at radius 3 is 2.54 bits per heavy atom. The standard InChI is InChI=1S/C31H36N4O4/c1-38-17-15-33-11-13-34(14-12-33)24-8-6-22(7-9-24)18-23-19-27-30(26-5-3-2-4-25(23)26)32-21-35(31(27)37)28-10-16-39-20-29(28)36/h2-9,19,21,28-29,36H,10-18,20H2,1H3/t28-,29-/m0/s1. The maximum Gasteiger partial charge on any atom is 0.261 e. The molecule has 4 aromatic rings. The second-order valence-electron chi connectivity index (χ2n) is 10.6. The van der Waals surface area contributed by atoms with E-state index >= 15 is 0 Å². The molecule has 2 fully saturated rings. The molecule has 2 saturated heterocycles. The number of ether oxygens (including phenoxy) is 2. The van der Waals surface area contributed by atoms with Gasteiger partial charge in [-0.2, -0.15) is 0 Å². The van der Waals surface area contributed by atoms with Crippen LogP contribution in [0.5, 0.6) is 0 Å². The lowest BCUT2D eigenvalue weighted by Crippen LogP contribution is -2.47. The van der Waals surface area contributed by atoms with Crippen molar-refractivity contribution in [3.8, 4) is 0 Å². The number of anilines is 1. The minimum absolute atomic E-state index is 0.113. The number of hydrogen-bond acceptors (Lipinski definition) is 7. The van der Waals surface area contributed by atoms with Crippen LogP contribution in [0.3, 0.4) is 0 Å². The zero-order chi connectivity index (χ0) is 26.8. The van der Waals surface area contributed by atoms with Crippen molar-refractivity contribution in [3.05, 3.63) is 82.4 Å². The molecule has 3 heterocycles. The van der Waals surface area contributed by atoms with Gasteiger partial charge < -0.3 is 19.5 Å². The van der Waals surface area contributed by atoms with Crippen LogP contribution >= 0.6 is 0 Å². The monoisotopic (exact) mass is 528 g/mol. The van der Waals surface area contributed by atoms with E-state index in [1.54, 1.807) is 18.0 Å². The second-order valence-corrected chi connectivity index (χ2v) is 10.6. The summed E-state index contributed by atoms with van der Waals surface area (Å²) in [4.78, 5) is 23.3. The number of benzene rings is 3. The highest BCUT2D eigenvalue weighted by Crippen LogP contribution is 2.29. The van der Waals surface area contributed by atoms with Crippen LogP contribution in [0.1, 0.15) is 23.6 Å². The molecular weight excluding hydrogens is 492 g/mol. The second kappa shape index (κ2) is 11.4. The molecule has 6 rings (SSSR count). The third-order valence-electron chi connectivity index (χ3n) is 8.21. The number of fused-ring (bicyclic) bond motifs is 3. The smallest absolute Gasteiger partial charge is 0.261 e. The molecule has 0 bridgehead atoms. The van der Waals surface area contributed by atoms with Gasteiger partial charge in [-0.25, -0.2) is 4.98 Å². The highest BCUT2D eigenvalue weighted by molar-refractivity contribution is 6.06. The number of piperazine rings is 1. The quantitative estimate of drug-likeness (QED) is 0.369. The summed E-state index contributed by atoms with van der Waals surface area (Å²) >= 11 is 0. The molecule has 0 saturated carbocycles. The summed E-state index contributed by atoms with van der Waals surface area (Å²) in [5, 5.41) is 13.2. The van der Waals surface area contributed by atoms with Gasteiger partial charge in [0.25, 0.3) is 5.56 Å². The van der Waals surface area contributed by atoms with Crippen LogP contribution in [0, 0.1) is 0 Å². The normalized spacial score (nSPS) is 20.6. The average molecular weight is 529 g/mol. The fourth-order valence-corrected chi connectivity index (χ4v) is 5.96. The minimum Gasteiger partial charge on any atom is -0.389 e. The molecule has 39 heavy (non-hydrogen) atoms. The van der Waals surface area contributed by atoms with Gasteiger partial charge >= 0.3 is 0 Å². The summed E-state index contributed by atoms with van der Waals surface area (Å²) in [6.07, 6.45) is 2.17. The lowest BCUT2D eigenvalue weighted by atomic mass is 9.95. The molecule has 0 radical (unpaired) electrons. The van der Waals surface area contributed by atoms with Crippen molar-refractivity contribution in [2.24, 2.45) is 0 Å². The molecule has 0 aliphatic carbocycles. The minimum atomic E-state index is -0.720. The summed E-state index contributed by atoms with van der Waals surface area (Å²) in [7, 11) is 1.75. The summed E-state index contributed by atoms with van der Waals surface area (Å²) in [5.74, 6) is 0. The van der Waals surface area contributed by atoms with E-state index in [4.69, 9.17) is 14.5 Å². The largest absolute Gasteiger partial charge is 0.389 e. The zero-order valence-corrected chi connectivity index (χ0v) is 22.5. The van der Waals surface area contributed by atoms with Crippen molar-refractivity contribution in [2.45, 2.75) is 25.0 Å². The molecule has 1 aromatic heterocycles. The fraction of sp³-hybridized carbons (Fsp3) is 0.419. The molecule has 3 aromatic carbocycles. The summed E-state index contributed by atoms with van der Waals surface area (Å²) in [6.45, 7) is 6.64. The molecule has 1 N–H and O–H groups in total. The van der Waals surface area contributed by atoms with Gasteiger partial charge in [0.15, 0.2) is 0 Å². The molecule has 8 nitrogen and oxygen atoms in total. The first-order chi connectivity index (χ1) is 19.1. The van der Waals surface area contributed by atoms with E-state index in [2.05, 4.69) is 40.1 Å². The molecule has 204 valence electrons. The van der Waals surface area contributed by atoms with E-state index in [1.807, 2.05) is 24.3 Å². The number of rotatable bonds is 7. The van der Waals surface area contributed by atoms with Crippen LogP contribution in [-0.2, 0) is 15.9 Å². The topological polar surface area (TPSA) is 80.1 Å². The van der Waals surface area contributed by atoms with Crippen LogP contribution in [-0.4, -0.2) is 85.3 Å². The van der Waals surface area contributed by atoms with Gasteiger partial charge in [0.2, 0.25) is 0 Å². The van der Waals surface area contributed by atoms with Gasteiger partial charge in [0.1, 0.15) is 0 Å². The molecule has 8 heteroatoms. The first-order valence-corrected chi connectivity index (χ1v) is 13.8. The molecule has 0 unspecified atom stereocenters. The third kappa shape index (κ3) is 5.30. The lowest BCUT2D eigenvalue weighted by Gasteiger charge is -2.36. The Hall–Kier alpha value is -3.30. The molecular formula is C31H36N4O4. The number of methoxy groups -OCH3 is 1. The third-order valence-corrected chi connectivity index (χ3v) is 8.21. The fourth-order valence-electron chi connectivity index (χ4n) is 5.96. The Labute approximate surface area is 228 Å². The van der Waals surface area contributed by atoms with E-state index in [0.29, 0.717) is 23.9 Å². The van der Waals surface area contributed by atoms with E-state index in [1.165, 1.54) is 11.3 Å². The van der Waals surface area contributed by atoms with Crippen LogP contribution < -0.4 is 10.5 Å². The van der Waals surface area contributed by atoms with Gasteiger partial charge in [-0.1, -0.05) is 36.4 Å². The van der Waals surface area contributed by atoms with E-state index < -0.39 is 6.10 Å². The molecule has 0 spiro atoms. The van der Waals surface area contributed by atoms with Crippen molar-refractivity contribution < 1.29 is 14.6 Å². The average Bonchev–Trinajstić information content (AvgIpc) is 2.98. The van der Waals surface area contributed by atoms with E-state index in [-0.39, 0.29) is 18.2 Å². The van der Waals surface area contributed by atoms with Crippen molar-refractivity contribution >= 4 is 27.4 Å². The number of aliphatic hydroxyl groups is 1. The molecule has 2 atom stereocenters. The Kier molecular flexibility index (Phi) is 7.61. The van der Waals surface area contributed by atoms with Crippen molar-refractivity contribution in [1.29, 1.82) is 0 Å². The SMILES string of the molecule is COCCN1CCN(c2ccc(Cc3cc4c(=O)n([C@H]5CCOC[C@@H]5O)cnc4c4ccccc34)cc2)CC1. The lowest BCUT2D eigenvalue weighted by molar-refractivity contribution is -0.0395. The highest BCUT2D eigenvalue weighted by Gasteiger charge is 2.27. The molecule has 2 aliphatic rings. The summed E-state index contributed by atoms with van der Waals surface area (Å²) < 4.78 is 12.2. The summed E-state index contributed by atoms with van der Waals surface area (Å²) in [6, 6.07) is 18.7. The van der Waals surface area contributed by atoms with Gasteiger partial charge in [0.05, 0.1) is 42.6 Å². The highest BCUT2D eigenvalue weighted by atomic mass is 16.5. The predicted octanol–water partition coefficient (Wildman–Crippen LogP) is 3.23. The number of aliphatic hydroxyl groups excluding tert-OH is 1.